The van der Waals surface area contributed by atoms with Crippen LogP contribution in [0.15, 0.2) is 71.0 Å². The maximum Gasteiger partial charge on any atom is 0.187 e. The summed E-state index contributed by atoms with van der Waals surface area (Å²) in [5.74, 6) is 0.741. The number of aromatic nitrogens is 2. The van der Waals surface area contributed by atoms with E-state index < -0.39 is 0 Å². The second-order valence-corrected chi connectivity index (χ2v) is 6.68. The van der Waals surface area contributed by atoms with Gasteiger partial charge in [-0.15, -0.1) is 10.2 Å². The number of imidazole rings is 1. The van der Waals surface area contributed by atoms with E-state index in [0.717, 1.165) is 33.6 Å². The van der Waals surface area contributed by atoms with Crippen LogP contribution in [0.25, 0.3) is 16.9 Å². The molecule has 0 amide bonds. The second-order valence-electron chi connectivity index (χ2n) is 6.68. The molecule has 0 atom stereocenters. The molecule has 0 aliphatic rings. The minimum absolute atomic E-state index is 0.0968. The number of hydrogen-bond acceptors (Lipinski definition) is 4. The molecule has 0 spiro atoms. The van der Waals surface area contributed by atoms with E-state index in [1.54, 1.807) is 18.2 Å². The molecule has 5 heteroatoms. The van der Waals surface area contributed by atoms with Crippen LogP contribution in [0, 0.1) is 20.8 Å². The summed E-state index contributed by atoms with van der Waals surface area (Å²) in [6, 6.07) is 17.2. The van der Waals surface area contributed by atoms with E-state index in [0.29, 0.717) is 11.5 Å². The van der Waals surface area contributed by atoms with Gasteiger partial charge in [0.15, 0.2) is 5.82 Å². The Morgan fingerprint density at radius 3 is 2.52 bits per heavy atom. The quantitative estimate of drug-likeness (QED) is 0.454. The summed E-state index contributed by atoms with van der Waals surface area (Å²) in [5, 5.41) is 18.7. The summed E-state index contributed by atoms with van der Waals surface area (Å²) in [4.78, 5) is 4.87. The lowest BCUT2D eigenvalue weighted by Crippen LogP contribution is -1.86. The number of aryl methyl sites for hydroxylation is 3. The van der Waals surface area contributed by atoms with Crippen LogP contribution in [-0.2, 0) is 0 Å². The van der Waals surface area contributed by atoms with Gasteiger partial charge in [-0.3, -0.25) is 4.40 Å². The van der Waals surface area contributed by atoms with Gasteiger partial charge >= 0.3 is 0 Å². The number of azo groups is 1. The van der Waals surface area contributed by atoms with E-state index >= 15 is 0 Å². The van der Waals surface area contributed by atoms with Crippen molar-refractivity contribution in [2.75, 3.05) is 0 Å². The molecule has 4 aromatic rings. The van der Waals surface area contributed by atoms with Crippen LogP contribution in [-0.4, -0.2) is 14.5 Å². The van der Waals surface area contributed by atoms with E-state index in [-0.39, 0.29) is 5.75 Å². The van der Waals surface area contributed by atoms with Crippen LogP contribution in [0.1, 0.15) is 16.7 Å². The predicted octanol–water partition coefficient (Wildman–Crippen LogP) is 6.05. The van der Waals surface area contributed by atoms with Crippen molar-refractivity contribution < 1.29 is 5.11 Å². The Morgan fingerprint density at radius 2 is 1.70 bits per heavy atom. The van der Waals surface area contributed by atoms with E-state index in [4.69, 9.17) is 4.98 Å². The molecule has 0 aliphatic heterocycles. The van der Waals surface area contributed by atoms with Crippen molar-refractivity contribution in [3.8, 4) is 17.0 Å². The molecule has 2 aromatic carbocycles. The third-order valence-electron chi connectivity index (χ3n) is 4.60. The summed E-state index contributed by atoms with van der Waals surface area (Å²) >= 11 is 0. The Balaban J connectivity index is 1.96. The smallest absolute Gasteiger partial charge is 0.187 e. The zero-order chi connectivity index (χ0) is 19.0. The maximum absolute atomic E-state index is 9.99. The zero-order valence-corrected chi connectivity index (χ0v) is 15.5. The van der Waals surface area contributed by atoms with Crippen molar-refractivity contribution in [2.45, 2.75) is 20.8 Å². The van der Waals surface area contributed by atoms with Crippen LogP contribution in [0.3, 0.4) is 0 Å². The largest absolute Gasteiger partial charge is 0.506 e. The van der Waals surface area contributed by atoms with Crippen molar-refractivity contribution in [3.63, 3.8) is 0 Å². The molecule has 1 N–H and O–H groups in total. The third-order valence-corrected chi connectivity index (χ3v) is 4.60. The fraction of sp³-hybridized carbons (Fsp3) is 0.136. The molecule has 2 aromatic heterocycles. The van der Waals surface area contributed by atoms with Gasteiger partial charge in [-0.25, -0.2) is 4.98 Å². The fourth-order valence-electron chi connectivity index (χ4n) is 3.11. The fourth-order valence-corrected chi connectivity index (χ4v) is 3.11. The number of hydrogen-bond donors (Lipinski definition) is 1. The first-order valence-electron chi connectivity index (χ1n) is 8.79. The van der Waals surface area contributed by atoms with E-state index in [1.165, 1.54) is 0 Å². The molecule has 4 rings (SSSR count). The topological polar surface area (TPSA) is 62.2 Å². The Morgan fingerprint density at radius 1 is 0.889 bits per heavy atom. The minimum Gasteiger partial charge on any atom is -0.506 e. The maximum atomic E-state index is 9.99. The summed E-state index contributed by atoms with van der Waals surface area (Å²) in [6.07, 6.45) is 1.93. The second kappa shape index (κ2) is 6.68. The zero-order valence-electron chi connectivity index (χ0n) is 15.5. The highest BCUT2D eigenvalue weighted by molar-refractivity contribution is 5.77. The first-order valence-corrected chi connectivity index (χ1v) is 8.79. The van der Waals surface area contributed by atoms with Crippen LogP contribution in [0.5, 0.6) is 5.75 Å². The van der Waals surface area contributed by atoms with Crippen LogP contribution >= 0.6 is 0 Å². The molecular weight excluding hydrogens is 336 g/mol. The molecule has 0 saturated heterocycles. The van der Waals surface area contributed by atoms with Crippen LogP contribution in [0.2, 0.25) is 0 Å². The standard InChI is InChI=1S/C22H20N4O/c1-14-10-11-15(2)17(13-14)20-22(25-24-18-8-4-5-9-19(18)27)26-12-6-7-16(3)21(26)23-20/h4-13,27H,1-3H3. The summed E-state index contributed by atoms with van der Waals surface area (Å²) in [5.41, 5.74) is 6.43. The molecule has 0 saturated carbocycles. The monoisotopic (exact) mass is 356 g/mol. The molecule has 0 fully saturated rings. The van der Waals surface area contributed by atoms with Gasteiger partial charge in [-0.1, -0.05) is 35.9 Å². The normalized spacial score (nSPS) is 11.5. The Hall–Kier alpha value is -3.47. The molecule has 0 radical (unpaired) electrons. The van der Waals surface area contributed by atoms with Gasteiger partial charge in [0, 0.05) is 11.8 Å². The Labute approximate surface area is 157 Å². The van der Waals surface area contributed by atoms with E-state index in [2.05, 4.69) is 42.3 Å². The van der Waals surface area contributed by atoms with Gasteiger partial charge < -0.3 is 5.11 Å². The number of aromatic hydroxyl groups is 1. The van der Waals surface area contributed by atoms with E-state index in [9.17, 15) is 5.11 Å². The first kappa shape index (κ1) is 17.0. The number of pyridine rings is 1. The van der Waals surface area contributed by atoms with Crippen molar-refractivity contribution in [3.05, 3.63) is 77.5 Å². The molecule has 0 aliphatic carbocycles. The predicted molar refractivity (Wildman–Crippen MR) is 107 cm³/mol. The van der Waals surface area contributed by atoms with Gasteiger partial charge in [-0.2, -0.15) is 0 Å². The number of nitrogens with zero attached hydrogens (tertiary/aromatic N) is 4. The molecule has 2 heterocycles. The minimum atomic E-state index is 0.0968. The number of phenols is 1. The Kier molecular flexibility index (Phi) is 4.20. The third kappa shape index (κ3) is 3.08. The summed E-state index contributed by atoms with van der Waals surface area (Å²) < 4.78 is 1.94. The van der Waals surface area contributed by atoms with Gasteiger partial charge in [0.1, 0.15) is 22.8 Å². The van der Waals surface area contributed by atoms with Crippen molar-refractivity contribution in [1.82, 2.24) is 9.38 Å². The van der Waals surface area contributed by atoms with Gasteiger partial charge in [0.2, 0.25) is 0 Å². The molecule has 5 nitrogen and oxygen atoms in total. The first-order chi connectivity index (χ1) is 13.0. The number of phenolic OH excluding ortho intramolecular Hbond substituents is 1. The van der Waals surface area contributed by atoms with Gasteiger partial charge in [0.25, 0.3) is 0 Å². The highest BCUT2D eigenvalue weighted by Gasteiger charge is 2.17. The van der Waals surface area contributed by atoms with Crippen molar-refractivity contribution in [1.29, 1.82) is 0 Å². The molecule has 0 unspecified atom stereocenters. The van der Waals surface area contributed by atoms with Gasteiger partial charge in [-0.05, 0) is 56.2 Å². The van der Waals surface area contributed by atoms with Crippen LogP contribution in [0.4, 0.5) is 11.5 Å². The average Bonchev–Trinajstić information content (AvgIpc) is 3.03. The Bertz CT molecular complexity index is 1170. The van der Waals surface area contributed by atoms with Crippen molar-refractivity contribution in [2.24, 2.45) is 10.2 Å². The summed E-state index contributed by atoms with van der Waals surface area (Å²) in [7, 11) is 0. The number of benzene rings is 2. The molecule has 0 bridgehead atoms. The summed E-state index contributed by atoms with van der Waals surface area (Å²) in [6.45, 7) is 6.15. The molecule has 27 heavy (non-hydrogen) atoms. The van der Waals surface area contributed by atoms with Gasteiger partial charge in [0.05, 0.1) is 0 Å². The highest BCUT2D eigenvalue weighted by Crippen LogP contribution is 2.36. The number of para-hydroxylation sites is 1. The lowest BCUT2D eigenvalue weighted by atomic mass is 10.0. The van der Waals surface area contributed by atoms with E-state index in [1.807, 2.05) is 35.7 Å². The lowest BCUT2D eigenvalue weighted by Gasteiger charge is -2.05. The average molecular weight is 356 g/mol. The molecule has 134 valence electrons. The number of rotatable bonds is 3. The SMILES string of the molecule is Cc1ccc(C)c(-c2nc3c(C)cccn3c2N=Nc2ccccc2O)c1. The highest BCUT2D eigenvalue weighted by atomic mass is 16.3. The van der Waals surface area contributed by atoms with Crippen LogP contribution < -0.4 is 0 Å². The van der Waals surface area contributed by atoms with Crippen molar-refractivity contribution >= 4 is 17.2 Å². The lowest BCUT2D eigenvalue weighted by molar-refractivity contribution is 0.476. The number of fused-ring (bicyclic) bond motifs is 1. The molecular formula is C22H20N4O.